The minimum Gasteiger partial charge on any atom is -0.478 e. The molecule has 0 aliphatic heterocycles. The molecule has 6 heteroatoms. The number of rotatable bonds is 5. The summed E-state index contributed by atoms with van der Waals surface area (Å²) in [5.74, 6) is -0.0549. The number of hydrogen-bond donors (Lipinski definition) is 1. The van der Waals surface area contributed by atoms with Crippen LogP contribution in [-0.4, -0.2) is 32.9 Å². The summed E-state index contributed by atoms with van der Waals surface area (Å²) >= 11 is 0. The fourth-order valence-corrected chi connectivity index (χ4v) is 2.38. The molecule has 1 N–H and O–H groups in total. The van der Waals surface area contributed by atoms with E-state index in [1.54, 1.807) is 18.5 Å². The lowest BCUT2D eigenvalue weighted by molar-refractivity contribution is 0.0696. The predicted octanol–water partition coefficient (Wildman–Crippen LogP) is 2.50. The van der Waals surface area contributed by atoms with Crippen molar-refractivity contribution in [1.29, 1.82) is 0 Å². The Labute approximate surface area is 124 Å². The molecule has 0 aliphatic carbocycles. The van der Waals surface area contributed by atoms with Crippen molar-refractivity contribution in [3.8, 4) is 0 Å². The molecular weight excluding hydrogens is 268 g/mol. The van der Waals surface area contributed by atoms with Gasteiger partial charge in [-0.05, 0) is 38.5 Å². The minimum absolute atomic E-state index is 0.238. The van der Waals surface area contributed by atoms with E-state index in [0.717, 1.165) is 17.1 Å². The molecule has 1 aromatic carbocycles. The average molecular weight is 288 g/mol. The molecule has 112 valence electrons. The Morgan fingerprint density at radius 1 is 1.43 bits per heavy atom. The molecule has 0 saturated carbocycles. The lowest BCUT2D eigenvalue weighted by Gasteiger charge is -2.22. The van der Waals surface area contributed by atoms with Gasteiger partial charge in [-0.15, -0.1) is 0 Å². The van der Waals surface area contributed by atoms with Gasteiger partial charge in [-0.3, -0.25) is 0 Å². The topological polar surface area (TPSA) is 71.2 Å². The van der Waals surface area contributed by atoms with Crippen molar-refractivity contribution in [3.63, 3.8) is 0 Å². The second kappa shape index (κ2) is 5.95. The number of anilines is 1. The van der Waals surface area contributed by atoms with Gasteiger partial charge in [-0.25, -0.2) is 14.5 Å². The van der Waals surface area contributed by atoms with Gasteiger partial charge in [0.2, 0.25) is 0 Å². The maximum atomic E-state index is 11.2. The largest absolute Gasteiger partial charge is 0.478 e. The van der Waals surface area contributed by atoms with E-state index >= 15 is 0 Å². The standard InChI is InChI=1S/C15H20N4O2/c1-10(2)19-14(16-9-17-19)8-18(4)13-7-5-6-12(11(13)3)15(20)21/h5-7,9-10H,8H2,1-4H3,(H,20,21). The van der Waals surface area contributed by atoms with Gasteiger partial charge in [0.05, 0.1) is 12.1 Å². The lowest BCUT2D eigenvalue weighted by atomic mass is 10.1. The number of benzene rings is 1. The molecule has 0 saturated heterocycles. The summed E-state index contributed by atoms with van der Waals surface area (Å²) < 4.78 is 1.87. The Kier molecular flexibility index (Phi) is 4.26. The summed E-state index contributed by atoms with van der Waals surface area (Å²) in [7, 11) is 1.92. The molecule has 0 aliphatic rings. The number of carboxylic acids is 1. The highest BCUT2D eigenvalue weighted by Crippen LogP contribution is 2.23. The number of nitrogens with zero attached hydrogens (tertiary/aromatic N) is 4. The van der Waals surface area contributed by atoms with Crippen LogP contribution in [0.3, 0.4) is 0 Å². The molecule has 0 bridgehead atoms. The summed E-state index contributed by atoms with van der Waals surface area (Å²) in [4.78, 5) is 17.5. The second-order valence-electron chi connectivity index (χ2n) is 5.33. The van der Waals surface area contributed by atoms with Crippen molar-refractivity contribution in [2.24, 2.45) is 0 Å². The number of aromatic carboxylic acids is 1. The number of aromatic nitrogens is 3. The van der Waals surface area contributed by atoms with Crippen molar-refractivity contribution >= 4 is 11.7 Å². The van der Waals surface area contributed by atoms with Gasteiger partial charge in [0.25, 0.3) is 0 Å². The Morgan fingerprint density at radius 2 is 2.14 bits per heavy atom. The van der Waals surface area contributed by atoms with Gasteiger partial charge in [0.15, 0.2) is 0 Å². The smallest absolute Gasteiger partial charge is 0.336 e. The first-order valence-corrected chi connectivity index (χ1v) is 6.84. The molecule has 0 fully saturated rings. The van der Waals surface area contributed by atoms with Gasteiger partial charge >= 0.3 is 5.97 Å². The fraction of sp³-hybridized carbons (Fsp3) is 0.400. The van der Waals surface area contributed by atoms with Crippen LogP contribution < -0.4 is 4.90 Å². The zero-order valence-electron chi connectivity index (χ0n) is 12.7. The van der Waals surface area contributed by atoms with Gasteiger partial charge in [-0.2, -0.15) is 5.10 Å². The minimum atomic E-state index is -0.909. The average Bonchev–Trinajstić information content (AvgIpc) is 2.86. The predicted molar refractivity (Wildman–Crippen MR) is 80.7 cm³/mol. The van der Waals surface area contributed by atoms with E-state index in [9.17, 15) is 9.90 Å². The molecule has 0 unspecified atom stereocenters. The summed E-state index contributed by atoms with van der Waals surface area (Å²) in [5, 5.41) is 13.4. The van der Waals surface area contributed by atoms with Crippen LogP contribution in [0.4, 0.5) is 5.69 Å². The zero-order valence-corrected chi connectivity index (χ0v) is 12.7. The van der Waals surface area contributed by atoms with Crippen LogP contribution in [0, 0.1) is 6.92 Å². The van der Waals surface area contributed by atoms with E-state index in [0.29, 0.717) is 12.1 Å². The van der Waals surface area contributed by atoms with Crippen LogP contribution >= 0.6 is 0 Å². The van der Waals surface area contributed by atoms with Crippen LogP contribution in [0.1, 0.15) is 41.6 Å². The van der Waals surface area contributed by atoms with Crippen molar-refractivity contribution in [2.45, 2.75) is 33.4 Å². The quantitative estimate of drug-likeness (QED) is 0.915. The number of hydrogen-bond acceptors (Lipinski definition) is 4. The van der Waals surface area contributed by atoms with Crippen molar-refractivity contribution < 1.29 is 9.90 Å². The third kappa shape index (κ3) is 3.04. The maximum Gasteiger partial charge on any atom is 0.336 e. The van der Waals surface area contributed by atoms with Crippen LogP contribution in [0.25, 0.3) is 0 Å². The van der Waals surface area contributed by atoms with E-state index in [2.05, 4.69) is 23.9 Å². The molecule has 2 aromatic rings. The van der Waals surface area contributed by atoms with Gasteiger partial charge < -0.3 is 10.0 Å². The third-order valence-corrected chi connectivity index (χ3v) is 3.46. The normalized spacial score (nSPS) is 10.9. The Hall–Kier alpha value is -2.37. The monoisotopic (exact) mass is 288 g/mol. The van der Waals surface area contributed by atoms with Crippen molar-refractivity contribution in [2.75, 3.05) is 11.9 Å². The van der Waals surface area contributed by atoms with E-state index in [1.165, 1.54) is 0 Å². The fourth-order valence-electron chi connectivity index (χ4n) is 2.38. The second-order valence-corrected chi connectivity index (χ2v) is 5.33. The maximum absolute atomic E-state index is 11.2. The van der Waals surface area contributed by atoms with E-state index < -0.39 is 5.97 Å². The molecule has 0 atom stereocenters. The summed E-state index contributed by atoms with van der Waals surface area (Å²) in [6.07, 6.45) is 1.55. The van der Waals surface area contributed by atoms with Crippen LogP contribution in [0.15, 0.2) is 24.5 Å². The molecular formula is C15H20N4O2. The summed E-state index contributed by atoms with van der Waals surface area (Å²) in [6.45, 7) is 6.49. The SMILES string of the molecule is Cc1c(C(=O)O)cccc1N(C)Cc1ncnn1C(C)C. The number of carbonyl (C=O) groups is 1. The van der Waals surface area contributed by atoms with E-state index in [1.807, 2.05) is 29.6 Å². The highest BCUT2D eigenvalue weighted by atomic mass is 16.4. The van der Waals surface area contributed by atoms with Crippen molar-refractivity contribution in [3.05, 3.63) is 41.5 Å². The lowest BCUT2D eigenvalue weighted by Crippen LogP contribution is -2.22. The van der Waals surface area contributed by atoms with Crippen LogP contribution in [0.5, 0.6) is 0 Å². The molecule has 21 heavy (non-hydrogen) atoms. The Balaban J connectivity index is 2.29. The molecule has 0 radical (unpaired) electrons. The van der Waals surface area contributed by atoms with Gasteiger partial charge in [-0.1, -0.05) is 6.07 Å². The number of carboxylic acid groups (broad SMARTS) is 1. The first-order valence-electron chi connectivity index (χ1n) is 6.84. The highest BCUT2D eigenvalue weighted by Gasteiger charge is 2.15. The first kappa shape index (κ1) is 15.0. The first-order chi connectivity index (χ1) is 9.91. The summed E-state index contributed by atoms with van der Waals surface area (Å²) in [6, 6.07) is 5.53. The summed E-state index contributed by atoms with van der Waals surface area (Å²) in [5.41, 5.74) is 1.96. The Morgan fingerprint density at radius 3 is 2.76 bits per heavy atom. The van der Waals surface area contributed by atoms with Gasteiger partial charge in [0, 0.05) is 18.8 Å². The zero-order chi connectivity index (χ0) is 15.6. The molecule has 0 amide bonds. The van der Waals surface area contributed by atoms with E-state index in [4.69, 9.17) is 0 Å². The van der Waals surface area contributed by atoms with E-state index in [-0.39, 0.29) is 6.04 Å². The molecule has 1 heterocycles. The van der Waals surface area contributed by atoms with Gasteiger partial charge in [0.1, 0.15) is 12.2 Å². The molecule has 2 rings (SSSR count). The molecule has 0 spiro atoms. The Bertz CT molecular complexity index is 649. The highest BCUT2D eigenvalue weighted by molar-refractivity contribution is 5.91. The third-order valence-electron chi connectivity index (χ3n) is 3.46. The van der Waals surface area contributed by atoms with Crippen molar-refractivity contribution in [1.82, 2.24) is 14.8 Å². The molecule has 1 aromatic heterocycles. The van der Waals surface area contributed by atoms with Crippen LogP contribution in [0.2, 0.25) is 0 Å². The molecule has 6 nitrogen and oxygen atoms in total. The van der Waals surface area contributed by atoms with Crippen LogP contribution in [-0.2, 0) is 6.54 Å².